The van der Waals surface area contributed by atoms with E-state index in [0.717, 1.165) is 56.5 Å². The minimum Gasteiger partial charge on any atom is -0.369 e. The Bertz CT molecular complexity index is 1700. The molecular weight excluding hydrogens is 500 g/mol. The lowest BCUT2D eigenvalue weighted by Crippen LogP contribution is -2.34. The first kappa shape index (κ1) is 25.5. The van der Waals surface area contributed by atoms with Crippen LogP contribution in [0.5, 0.6) is 0 Å². The molecule has 2 aliphatic rings. The molecule has 3 N–H and O–H groups in total. The van der Waals surface area contributed by atoms with Crippen LogP contribution in [0.2, 0.25) is 0 Å². The minimum atomic E-state index is -0.379. The van der Waals surface area contributed by atoms with Crippen LogP contribution in [-0.4, -0.2) is 49.8 Å². The number of imidazole rings is 1. The van der Waals surface area contributed by atoms with Crippen LogP contribution in [0, 0.1) is 23.2 Å². The van der Waals surface area contributed by atoms with Gasteiger partial charge in [-0.05, 0) is 81.0 Å². The third-order valence-electron chi connectivity index (χ3n) is 7.70. The molecule has 4 aromatic rings. The van der Waals surface area contributed by atoms with E-state index in [4.69, 9.17) is 10.7 Å². The van der Waals surface area contributed by atoms with Crippen LogP contribution in [0.1, 0.15) is 71.6 Å². The number of nitrogens with zero attached hydrogens (tertiary/aromatic N) is 6. The molecule has 0 bridgehead atoms. The summed E-state index contributed by atoms with van der Waals surface area (Å²) in [5.41, 5.74) is 10.6. The number of hydrogen-bond acceptors (Lipinski definition) is 7. The average molecular weight is 531 g/mol. The van der Waals surface area contributed by atoms with Crippen LogP contribution in [0.4, 0.5) is 11.8 Å². The maximum absolute atomic E-state index is 13.2. The van der Waals surface area contributed by atoms with Crippen molar-refractivity contribution in [2.75, 3.05) is 30.7 Å². The van der Waals surface area contributed by atoms with Crippen LogP contribution < -0.4 is 11.1 Å². The van der Waals surface area contributed by atoms with Crippen molar-refractivity contribution in [3.05, 3.63) is 71.2 Å². The number of nitrogens with two attached hydrogens (primary N) is 1. The summed E-state index contributed by atoms with van der Waals surface area (Å²) in [6.07, 6.45) is 7.81. The van der Waals surface area contributed by atoms with E-state index in [0.29, 0.717) is 29.1 Å². The summed E-state index contributed by atoms with van der Waals surface area (Å²) >= 11 is 0. The minimum absolute atomic E-state index is 0.220. The molecule has 2 fully saturated rings. The standard InChI is InChI=1S/C31H30N8O/c1-2-3-14-38-15-4-5-23(19-38)28-26-11-13-35-31(33)39(26)29(37-28)22-8-9-25(24(16-22)18-32)30(40)36-27-17-21(10-12-34-27)20-6-7-20/h8-13,16-17,20,23H,4-7,14-15,19H2,1H3,(H2,33,35)(H,34,36,40). The summed E-state index contributed by atoms with van der Waals surface area (Å²) in [4.78, 5) is 29.2. The Morgan fingerprint density at radius 1 is 1.12 bits per heavy atom. The quantitative estimate of drug-likeness (QED) is 0.350. The van der Waals surface area contributed by atoms with Gasteiger partial charge in [0, 0.05) is 30.4 Å². The number of benzene rings is 1. The number of pyridine rings is 1. The zero-order chi connectivity index (χ0) is 27.6. The van der Waals surface area contributed by atoms with Gasteiger partial charge in [0.15, 0.2) is 0 Å². The van der Waals surface area contributed by atoms with Gasteiger partial charge < -0.3 is 11.1 Å². The van der Waals surface area contributed by atoms with Crippen molar-refractivity contribution >= 4 is 23.2 Å². The number of anilines is 2. The number of fused-ring (bicyclic) bond motifs is 1. The number of carbonyl (C=O) groups is 1. The van der Waals surface area contributed by atoms with Gasteiger partial charge in [-0.1, -0.05) is 12.0 Å². The second kappa shape index (κ2) is 10.8. The predicted molar refractivity (Wildman–Crippen MR) is 154 cm³/mol. The van der Waals surface area contributed by atoms with E-state index >= 15 is 0 Å². The summed E-state index contributed by atoms with van der Waals surface area (Å²) in [6.45, 7) is 4.48. The fourth-order valence-electron chi connectivity index (χ4n) is 5.53. The van der Waals surface area contributed by atoms with Crippen LogP contribution in [0.3, 0.4) is 0 Å². The Hall–Kier alpha value is -4.73. The van der Waals surface area contributed by atoms with E-state index in [1.165, 1.54) is 5.56 Å². The van der Waals surface area contributed by atoms with Crippen molar-refractivity contribution in [1.29, 1.82) is 5.26 Å². The molecule has 3 aromatic heterocycles. The zero-order valence-corrected chi connectivity index (χ0v) is 22.4. The van der Waals surface area contributed by atoms with E-state index in [2.05, 4.69) is 38.1 Å². The smallest absolute Gasteiger partial charge is 0.258 e. The van der Waals surface area contributed by atoms with Gasteiger partial charge in [0.25, 0.3) is 5.91 Å². The fraction of sp³-hybridized carbons (Fsp3) is 0.323. The van der Waals surface area contributed by atoms with Gasteiger partial charge in [0.1, 0.15) is 11.6 Å². The number of nitrogen functional groups attached to an aromatic ring is 1. The van der Waals surface area contributed by atoms with Crippen molar-refractivity contribution in [2.24, 2.45) is 0 Å². The third kappa shape index (κ3) is 5.00. The largest absolute Gasteiger partial charge is 0.369 e. The molecule has 1 aromatic carbocycles. The molecule has 1 saturated carbocycles. The Kier molecular flexibility index (Phi) is 6.90. The number of amides is 1. The molecule has 6 rings (SSSR count). The molecule has 1 atom stereocenters. The normalized spacial score (nSPS) is 17.1. The monoisotopic (exact) mass is 530 g/mol. The van der Waals surface area contributed by atoms with Gasteiger partial charge in [0.2, 0.25) is 5.95 Å². The molecule has 1 aliphatic heterocycles. The lowest BCUT2D eigenvalue weighted by atomic mass is 9.94. The number of hydrogen-bond donors (Lipinski definition) is 2. The molecule has 1 amide bonds. The molecule has 40 heavy (non-hydrogen) atoms. The Balaban J connectivity index is 1.33. The summed E-state index contributed by atoms with van der Waals surface area (Å²) in [6, 6.07) is 13.2. The van der Waals surface area contributed by atoms with Gasteiger partial charge in [-0.2, -0.15) is 5.26 Å². The fourth-order valence-corrected chi connectivity index (χ4v) is 5.53. The van der Waals surface area contributed by atoms with Crippen molar-refractivity contribution in [3.63, 3.8) is 0 Å². The number of piperidine rings is 1. The van der Waals surface area contributed by atoms with Crippen molar-refractivity contribution in [3.8, 4) is 29.3 Å². The van der Waals surface area contributed by atoms with Gasteiger partial charge in [-0.15, -0.1) is 5.92 Å². The third-order valence-corrected chi connectivity index (χ3v) is 7.70. The zero-order valence-electron chi connectivity index (χ0n) is 22.4. The van der Waals surface area contributed by atoms with Crippen molar-refractivity contribution in [1.82, 2.24) is 24.3 Å². The molecule has 0 spiro atoms. The molecule has 1 unspecified atom stereocenters. The van der Waals surface area contributed by atoms with Crippen LogP contribution in [-0.2, 0) is 0 Å². The maximum Gasteiger partial charge on any atom is 0.258 e. The second-order valence-corrected chi connectivity index (χ2v) is 10.4. The second-order valence-electron chi connectivity index (χ2n) is 10.4. The Labute approximate surface area is 233 Å². The first-order valence-electron chi connectivity index (χ1n) is 13.6. The summed E-state index contributed by atoms with van der Waals surface area (Å²) in [7, 11) is 0. The van der Waals surface area contributed by atoms with Gasteiger partial charge >= 0.3 is 0 Å². The molecule has 4 heterocycles. The predicted octanol–water partition coefficient (Wildman–Crippen LogP) is 4.58. The molecule has 0 radical (unpaired) electrons. The van der Waals surface area contributed by atoms with E-state index in [1.54, 1.807) is 30.6 Å². The first-order valence-corrected chi connectivity index (χ1v) is 13.6. The first-order chi connectivity index (χ1) is 19.6. The topological polar surface area (TPSA) is 125 Å². The summed E-state index contributed by atoms with van der Waals surface area (Å²) in [5, 5.41) is 12.8. The van der Waals surface area contributed by atoms with E-state index in [9.17, 15) is 10.1 Å². The molecule has 9 nitrogen and oxygen atoms in total. The van der Waals surface area contributed by atoms with E-state index in [-0.39, 0.29) is 23.0 Å². The number of nitrogens with one attached hydrogen (secondary N) is 1. The SMILES string of the molecule is CC#CCN1CCCC(c2nc(-c3ccc(C(=O)Nc4cc(C5CC5)ccn4)c(C#N)c3)n3c(N)nccc23)C1. The van der Waals surface area contributed by atoms with Crippen molar-refractivity contribution in [2.45, 2.75) is 44.4 Å². The molecule has 200 valence electrons. The summed E-state index contributed by atoms with van der Waals surface area (Å²) in [5.74, 6) is 7.94. The highest BCUT2D eigenvalue weighted by atomic mass is 16.1. The number of aromatic nitrogens is 4. The average Bonchev–Trinajstić information content (AvgIpc) is 3.76. The van der Waals surface area contributed by atoms with Gasteiger partial charge in [-0.3, -0.25) is 14.1 Å². The molecule has 9 heteroatoms. The Morgan fingerprint density at radius 3 is 2.77 bits per heavy atom. The van der Waals surface area contributed by atoms with Crippen LogP contribution in [0.25, 0.3) is 16.9 Å². The molecule has 1 aliphatic carbocycles. The highest BCUT2D eigenvalue weighted by Gasteiger charge is 2.27. The van der Waals surface area contributed by atoms with Crippen molar-refractivity contribution < 1.29 is 4.79 Å². The van der Waals surface area contributed by atoms with E-state index < -0.39 is 0 Å². The maximum atomic E-state index is 13.2. The number of carbonyl (C=O) groups excluding carboxylic acids is 1. The Morgan fingerprint density at radius 2 is 1.98 bits per heavy atom. The van der Waals surface area contributed by atoms with E-state index in [1.807, 2.05) is 29.5 Å². The number of rotatable bonds is 6. The molecule has 1 saturated heterocycles. The lowest BCUT2D eigenvalue weighted by molar-refractivity contribution is 0.102. The lowest BCUT2D eigenvalue weighted by Gasteiger charge is -2.30. The molecular formula is C31H30N8O. The van der Waals surface area contributed by atoms with Crippen LogP contribution >= 0.6 is 0 Å². The number of likely N-dealkylation sites (tertiary alicyclic amines) is 1. The van der Waals surface area contributed by atoms with Crippen LogP contribution in [0.15, 0.2) is 48.8 Å². The summed E-state index contributed by atoms with van der Waals surface area (Å²) < 4.78 is 1.84. The van der Waals surface area contributed by atoms with Gasteiger partial charge in [0.05, 0.1) is 35.0 Å². The number of nitriles is 1. The highest BCUT2D eigenvalue weighted by molar-refractivity contribution is 6.05. The van der Waals surface area contributed by atoms with Gasteiger partial charge in [-0.25, -0.2) is 15.0 Å². The highest BCUT2D eigenvalue weighted by Crippen LogP contribution is 2.40.